The molecule has 0 aliphatic heterocycles. The van der Waals surface area contributed by atoms with E-state index in [1.54, 1.807) is 7.11 Å². The van der Waals surface area contributed by atoms with Crippen LogP contribution in [0.2, 0.25) is 5.02 Å². The second-order valence-electron chi connectivity index (χ2n) is 5.69. The van der Waals surface area contributed by atoms with E-state index in [9.17, 15) is 0 Å². The Morgan fingerprint density at radius 1 is 1.09 bits per heavy atom. The van der Waals surface area contributed by atoms with Crippen LogP contribution in [0.1, 0.15) is 25.0 Å². The summed E-state index contributed by atoms with van der Waals surface area (Å²) in [5, 5.41) is 4.02. The summed E-state index contributed by atoms with van der Waals surface area (Å²) in [6.07, 6.45) is 1.05. The summed E-state index contributed by atoms with van der Waals surface area (Å²) >= 11 is 6.33. The number of rotatable bonds is 8. The predicted molar refractivity (Wildman–Crippen MR) is 95.6 cm³/mol. The molecule has 1 N–H and O–H groups in total. The summed E-state index contributed by atoms with van der Waals surface area (Å²) in [6, 6.07) is 14.3. The van der Waals surface area contributed by atoms with E-state index in [0.29, 0.717) is 16.5 Å². The van der Waals surface area contributed by atoms with Crippen LogP contribution in [-0.4, -0.2) is 19.8 Å². The van der Waals surface area contributed by atoms with Gasteiger partial charge >= 0.3 is 0 Å². The van der Waals surface area contributed by atoms with Gasteiger partial charge < -0.3 is 14.8 Å². The zero-order chi connectivity index (χ0) is 16.7. The van der Waals surface area contributed by atoms with E-state index in [2.05, 4.69) is 29.6 Å². The highest BCUT2D eigenvalue weighted by Crippen LogP contribution is 2.37. The zero-order valence-corrected chi connectivity index (χ0v) is 14.7. The van der Waals surface area contributed by atoms with Crippen molar-refractivity contribution in [1.82, 2.24) is 5.32 Å². The lowest BCUT2D eigenvalue weighted by Gasteiger charge is -2.16. The molecule has 0 aliphatic rings. The molecule has 0 fully saturated rings. The van der Waals surface area contributed by atoms with E-state index in [-0.39, 0.29) is 6.10 Å². The Morgan fingerprint density at radius 3 is 2.48 bits per heavy atom. The molecule has 0 aromatic heterocycles. The standard InChI is InChI=1S/C19H24ClNO2/c1-14(2)23-19-17(20)11-16(12-18(19)22-3)13-21-10-9-15-7-5-4-6-8-15/h4-8,11-12,14,21H,9-10,13H2,1-3H3. The number of methoxy groups -OCH3 is 1. The third kappa shape index (κ3) is 5.45. The average molecular weight is 334 g/mol. The van der Waals surface area contributed by atoms with Gasteiger partial charge in [0.25, 0.3) is 0 Å². The Balaban J connectivity index is 1.93. The third-order valence-electron chi connectivity index (χ3n) is 3.41. The summed E-state index contributed by atoms with van der Waals surface area (Å²) in [5.74, 6) is 1.28. The summed E-state index contributed by atoms with van der Waals surface area (Å²) < 4.78 is 11.1. The van der Waals surface area contributed by atoms with Crippen LogP contribution in [0.25, 0.3) is 0 Å². The Kier molecular flexibility index (Phi) is 6.75. The van der Waals surface area contributed by atoms with E-state index >= 15 is 0 Å². The zero-order valence-electron chi connectivity index (χ0n) is 13.9. The highest BCUT2D eigenvalue weighted by Gasteiger charge is 2.13. The minimum Gasteiger partial charge on any atom is -0.493 e. The summed E-state index contributed by atoms with van der Waals surface area (Å²) in [7, 11) is 1.63. The maximum Gasteiger partial charge on any atom is 0.180 e. The predicted octanol–water partition coefficient (Wildman–Crippen LogP) is 4.47. The Labute approximate surface area is 143 Å². The van der Waals surface area contributed by atoms with Gasteiger partial charge in [0.2, 0.25) is 0 Å². The van der Waals surface area contributed by atoms with Crippen molar-refractivity contribution in [2.45, 2.75) is 32.9 Å². The number of halogens is 1. The number of benzene rings is 2. The molecule has 2 aromatic rings. The fourth-order valence-corrected chi connectivity index (χ4v) is 2.61. The number of ether oxygens (including phenoxy) is 2. The minimum atomic E-state index is 0.0521. The fraction of sp³-hybridized carbons (Fsp3) is 0.368. The molecule has 0 spiro atoms. The number of hydrogen-bond donors (Lipinski definition) is 1. The second-order valence-corrected chi connectivity index (χ2v) is 6.10. The lowest BCUT2D eigenvalue weighted by atomic mass is 10.1. The third-order valence-corrected chi connectivity index (χ3v) is 3.69. The molecule has 0 radical (unpaired) electrons. The van der Waals surface area contributed by atoms with E-state index < -0.39 is 0 Å². The van der Waals surface area contributed by atoms with Gasteiger partial charge in [-0.25, -0.2) is 0 Å². The van der Waals surface area contributed by atoms with E-state index in [0.717, 1.165) is 25.1 Å². The monoisotopic (exact) mass is 333 g/mol. The molecule has 0 saturated carbocycles. The lowest BCUT2D eigenvalue weighted by Crippen LogP contribution is -2.17. The van der Waals surface area contributed by atoms with Crippen LogP contribution < -0.4 is 14.8 Å². The van der Waals surface area contributed by atoms with Crippen LogP contribution in [0.3, 0.4) is 0 Å². The molecule has 0 bridgehead atoms. The molecule has 4 heteroatoms. The van der Waals surface area contributed by atoms with Gasteiger partial charge in [-0.05, 0) is 50.1 Å². The van der Waals surface area contributed by atoms with Gasteiger partial charge in [-0.15, -0.1) is 0 Å². The second kappa shape index (κ2) is 8.80. The fourth-order valence-electron chi connectivity index (χ4n) is 2.34. The lowest BCUT2D eigenvalue weighted by molar-refractivity contribution is 0.230. The van der Waals surface area contributed by atoms with Gasteiger partial charge in [0.05, 0.1) is 18.2 Å². The largest absolute Gasteiger partial charge is 0.493 e. The Bertz CT molecular complexity index is 614. The van der Waals surface area contributed by atoms with Crippen molar-refractivity contribution < 1.29 is 9.47 Å². The quantitative estimate of drug-likeness (QED) is 0.723. The molecule has 124 valence electrons. The van der Waals surface area contributed by atoms with Gasteiger partial charge in [-0.2, -0.15) is 0 Å². The van der Waals surface area contributed by atoms with Gasteiger partial charge in [0.1, 0.15) is 0 Å². The Morgan fingerprint density at radius 2 is 1.83 bits per heavy atom. The topological polar surface area (TPSA) is 30.5 Å². The van der Waals surface area contributed by atoms with Crippen molar-refractivity contribution in [1.29, 1.82) is 0 Å². The van der Waals surface area contributed by atoms with Crippen molar-refractivity contribution in [3.05, 3.63) is 58.6 Å². The molecular weight excluding hydrogens is 310 g/mol. The van der Waals surface area contributed by atoms with Gasteiger partial charge in [-0.1, -0.05) is 41.9 Å². The van der Waals surface area contributed by atoms with Gasteiger partial charge in [0, 0.05) is 6.54 Å². The Hall–Kier alpha value is -1.71. The van der Waals surface area contributed by atoms with Crippen LogP contribution in [0, 0.1) is 0 Å². The van der Waals surface area contributed by atoms with E-state index in [4.69, 9.17) is 21.1 Å². The number of hydrogen-bond acceptors (Lipinski definition) is 3. The average Bonchev–Trinajstić information content (AvgIpc) is 2.54. The SMILES string of the molecule is COc1cc(CNCCc2ccccc2)cc(Cl)c1OC(C)C. The summed E-state index contributed by atoms with van der Waals surface area (Å²) in [5.41, 5.74) is 2.41. The van der Waals surface area contributed by atoms with Crippen LogP contribution in [0.4, 0.5) is 0 Å². The molecule has 0 atom stereocenters. The first-order valence-corrected chi connectivity index (χ1v) is 8.25. The smallest absolute Gasteiger partial charge is 0.180 e. The molecule has 2 aromatic carbocycles. The van der Waals surface area contributed by atoms with E-state index in [1.165, 1.54) is 5.56 Å². The van der Waals surface area contributed by atoms with Crippen LogP contribution in [0.15, 0.2) is 42.5 Å². The maximum atomic E-state index is 6.33. The molecule has 3 nitrogen and oxygen atoms in total. The first kappa shape index (κ1) is 17.6. The first-order valence-electron chi connectivity index (χ1n) is 7.88. The molecule has 23 heavy (non-hydrogen) atoms. The number of nitrogens with one attached hydrogen (secondary N) is 1. The van der Waals surface area contributed by atoms with Gasteiger partial charge in [-0.3, -0.25) is 0 Å². The molecule has 0 amide bonds. The molecule has 2 rings (SSSR count). The highest BCUT2D eigenvalue weighted by atomic mass is 35.5. The molecule has 0 heterocycles. The summed E-state index contributed by atoms with van der Waals surface area (Å²) in [6.45, 7) is 5.59. The van der Waals surface area contributed by atoms with E-state index in [1.807, 2.05) is 32.0 Å². The molecular formula is C19H24ClNO2. The van der Waals surface area contributed by atoms with Crippen LogP contribution in [-0.2, 0) is 13.0 Å². The van der Waals surface area contributed by atoms with Gasteiger partial charge in [0.15, 0.2) is 11.5 Å². The molecule has 0 saturated heterocycles. The van der Waals surface area contributed by atoms with Crippen molar-refractivity contribution in [2.75, 3.05) is 13.7 Å². The van der Waals surface area contributed by atoms with Crippen LogP contribution >= 0.6 is 11.6 Å². The minimum absolute atomic E-state index is 0.0521. The normalized spacial score (nSPS) is 10.8. The van der Waals surface area contributed by atoms with Crippen molar-refractivity contribution in [2.24, 2.45) is 0 Å². The molecule has 0 unspecified atom stereocenters. The van der Waals surface area contributed by atoms with Crippen molar-refractivity contribution in [3.63, 3.8) is 0 Å². The van der Waals surface area contributed by atoms with Crippen molar-refractivity contribution in [3.8, 4) is 11.5 Å². The molecule has 0 aliphatic carbocycles. The highest BCUT2D eigenvalue weighted by molar-refractivity contribution is 6.32. The van der Waals surface area contributed by atoms with Crippen molar-refractivity contribution >= 4 is 11.6 Å². The van der Waals surface area contributed by atoms with Crippen LogP contribution in [0.5, 0.6) is 11.5 Å². The maximum absolute atomic E-state index is 6.33. The summed E-state index contributed by atoms with van der Waals surface area (Å²) in [4.78, 5) is 0. The first-order chi connectivity index (χ1) is 11.1.